The van der Waals surface area contributed by atoms with Crippen LogP contribution in [0, 0.1) is 12.3 Å². The van der Waals surface area contributed by atoms with Gasteiger partial charge in [-0.15, -0.1) is 11.5 Å². The molecule has 11 heteroatoms. The van der Waals surface area contributed by atoms with E-state index in [1.165, 1.54) is 0 Å². The van der Waals surface area contributed by atoms with Crippen LogP contribution in [0.1, 0.15) is 12.8 Å². The van der Waals surface area contributed by atoms with Crippen molar-refractivity contribution in [3.63, 3.8) is 0 Å². The van der Waals surface area contributed by atoms with E-state index in [0.717, 1.165) is 0 Å². The van der Waals surface area contributed by atoms with Crippen LogP contribution in [0.15, 0.2) is 0 Å². The minimum atomic E-state index is -5.29. The van der Waals surface area contributed by atoms with Crippen molar-refractivity contribution in [2.45, 2.75) is 37.3 Å². The van der Waals surface area contributed by atoms with Crippen molar-refractivity contribution >= 4 is 17.8 Å². The predicted octanol–water partition coefficient (Wildman–Crippen LogP) is -0.587. The number of amides is 2. The largest absolute Gasteiger partial charge is 0.492 e. The lowest BCUT2D eigenvalue weighted by molar-refractivity contribution is -0.240. The lowest BCUT2D eigenvalue weighted by Crippen LogP contribution is -2.48. The van der Waals surface area contributed by atoms with Crippen LogP contribution in [0.2, 0.25) is 0 Å². The van der Waals surface area contributed by atoms with Gasteiger partial charge in [0.2, 0.25) is 11.8 Å². The summed E-state index contributed by atoms with van der Waals surface area (Å²) in [6.45, 7) is -0.698. The summed E-state index contributed by atoms with van der Waals surface area (Å²) < 4.78 is 49.8. The van der Waals surface area contributed by atoms with E-state index in [-0.39, 0.29) is 0 Å². The van der Waals surface area contributed by atoms with Gasteiger partial charge in [0.05, 0.1) is 19.0 Å². The Kier molecular flexibility index (Phi) is 5.91. The number of hydrogen-bond acceptors (Lipinski definition) is 5. The van der Waals surface area contributed by atoms with Gasteiger partial charge in [-0.3, -0.25) is 9.59 Å². The van der Waals surface area contributed by atoms with Crippen LogP contribution in [0.4, 0.5) is 17.6 Å². The molecular weight excluding hydrogens is 326 g/mol. The number of nitrogens with one attached hydrogen (secondary N) is 1. The summed E-state index contributed by atoms with van der Waals surface area (Å²) in [7, 11) is 0. The second kappa shape index (κ2) is 7.28. The molecule has 1 fully saturated rings. The number of halogens is 4. The number of hydroxylamine groups is 2. The van der Waals surface area contributed by atoms with Gasteiger partial charge in [-0.25, -0.2) is 9.18 Å². The number of carbonyl (C=O) groups is 3. The normalized spacial score (nSPS) is 22.9. The molecule has 128 valence electrons. The van der Waals surface area contributed by atoms with E-state index in [9.17, 15) is 31.9 Å². The second-order valence-electron chi connectivity index (χ2n) is 4.72. The zero-order chi connectivity index (χ0) is 17.8. The molecule has 1 aliphatic heterocycles. The van der Waals surface area contributed by atoms with E-state index in [4.69, 9.17) is 12.2 Å². The molecule has 1 saturated heterocycles. The van der Waals surface area contributed by atoms with Crippen LogP contribution in [0.3, 0.4) is 0 Å². The van der Waals surface area contributed by atoms with Crippen LogP contribution >= 0.6 is 0 Å². The molecule has 0 bridgehead atoms. The van der Waals surface area contributed by atoms with Crippen molar-refractivity contribution in [1.29, 1.82) is 0 Å². The molecule has 0 aliphatic carbocycles. The third-order valence-corrected chi connectivity index (χ3v) is 2.86. The predicted molar refractivity (Wildman–Crippen MR) is 66.7 cm³/mol. The molecule has 3 atom stereocenters. The number of hydrogen-bond donors (Lipinski definition) is 2. The Morgan fingerprint density at radius 2 is 2.04 bits per heavy atom. The molecule has 0 unspecified atom stereocenters. The van der Waals surface area contributed by atoms with Gasteiger partial charge < -0.3 is 15.9 Å². The Balaban J connectivity index is 2.75. The quantitative estimate of drug-likeness (QED) is 0.515. The van der Waals surface area contributed by atoms with Crippen molar-refractivity contribution in [2.24, 2.45) is 5.73 Å². The van der Waals surface area contributed by atoms with E-state index in [2.05, 4.69) is 10.2 Å². The number of nitrogens with two attached hydrogens (primary N) is 1. The van der Waals surface area contributed by atoms with Crippen molar-refractivity contribution in [1.82, 2.24) is 10.4 Å². The third kappa shape index (κ3) is 5.41. The summed E-state index contributed by atoms with van der Waals surface area (Å²) in [6.07, 6.45) is -2.79. The van der Waals surface area contributed by atoms with Gasteiger partial charge in [-0.2, -0.15) is 13.2 Å². The van der Waals surface area contributed by atoms with Gasteiger partial charge >= 0.3 is 12.1 Å². The zero-order valence-corrected chi connectivity index (χ0v) is 11.6. The lowest BCUT2D eigenvalue weighted by atomic mass is 10.1. The smallest absolute Gasteiger partial charge is 0.370 e. The first-order chi connectivity index (χ1) is 10.5. The standard InChI is InChI=1S/C12H13F4N3O4/c1-2-7(4-9(17)20)18-10(21)8-3-6(13)5-19(8)23-11(22)12(14,15)16/h1,6-8H,3-5H2,(H2,17,20)(H,18,21)/t6-,7-,8+/m1/s1. The average Bonchev–Trinajstić information content (AvgIpc) is 2.77. The molecular formula is C12H13F4N3O4. The van der Waals surface area contributed by atoms with E-state index >= 15 is 0 Å². The number of alkyl halides is 4. The van der Waals surface area contributed by atoms with Crippen molar-refractivity contribution in [3.8, 4) is 12.3 Å². The molecule has 0 aromatic heterocycles. The number of rotatable bonds is 5. The van der Waals surface area contributed by atoms with Gasteiger partial charge in [0, 0.05) is 6.42 Å². The number of nitrogens with zero attached hydrogens (tertiary/aromatic N) is 1. The van der Waals surface area contributed by atoms with E-state index in [1.54, 1.807) is 0 Å². The monoisotopic (exact) mass is 339 g/mol. The van der Waals surface area contributed by atoms with E-state index in [0.29, 0.717) is 5.06 Å². The Labute approximate surface area is 128 Å². The van der Waals surface area contributed by atoms with E-state index in [1.807, 2.05) is 5.92 Å². The topological polar surface area (TPSA) is 102 Å². The molecule has 0 saturated carbocycles. The summed E-state index contributed by atoms with van der Waals surface area (Å²) in [4.78, 5) is 37.5. The first kappa shape index (κ1) is 18.7. The highest BCUT2D eigenvalue weighted by molar-refractivity contribution is 5.84. The van der Waals surface area contributed by atoms with Crippen molar-refractivity contribution < 1.29 is 36.8 Å². The summed E-state index contributed by atoms with van der Waals surface area (Å²) in [5, 5.41) is 2.44. The summed E-state index contributed by atoms with van der Waals surface area (Å²) in [5.74, 6) is -2.33. The van der Waals surface area contributed by atoms with Gasteiger partial charge in [-0.05, 0) is 0 Å². The summed E-state index contributed by atoms with van der Waals surface area (Å²) in [6, 6.07) is -2.61. The molecule has 1 aliphatic rings. The van der Waals surface area contributed by atoms with E-state index < -0.39 is 61.6 Å². The van der Waals surface area contributed by atoms with Gasteiger partial charge in [0.15, 0.2) is 0 Å². The molecule has 23 heavy (non-hydrogen) atoms. The summed E-state index contributed by atoms with van der Waals surface area (Å²) in [5.41, 5.74) is 4.91. The molecule has 1 rings (SSSR count). The molecule has 3 N–H and O–H groups in total. The average molecular weight is 339 g/mol. The highest BCUT2D eigenvalue weighted by Crippen LogP contribution is 2.24. The lowest BCUT2D eigenvalue weighted by Gasteiger charge is -2.23. The van der Waals surface area contributed by atoms with Crippen LogP contribution in [0.25, 0.3) is 0 Å². The first-order valence-corrected chi connectivity index (χ1v) is 6.29. The van der Waals surface area contributed by atoms with Gasteiger partial charge in [0.1, 0.15) is 12.2 Å². The Morgan fingerprint density at radius 3 is 2.52 bits per heavy atom. The highest BCUT2D eigenvalue weighted by atomic mass is 19.4. The fraction of sp³-hybridized carbons (Fsp3) is 0.583. The number of primary amides is 1. The van der Waals surface area contributed by atoms with Gasteiger partial charge in [0.25, 0.3) is 0 Å². The minimum absolute atomic E-state index is 0.299. The fourth-order valence-electron chi connectivity index (χ4n) is 1.87. The maximum atomic E-state index is 13.4. The Morgan fingerprint density at radius 1 is 1.43 bits per heavy atom. The third-order valence-electron chi connectivity index (χ3n) is 2.86. The first-order valence-electron chi connectivity index (χ1n) is 6.29. The zero-order valence-electron chi connectivity index (χ0n) is 11.6. The minimum Gasteiger partial charge on any atom is -0.370 e. The Bertz CT molecular complexity index is 531. The number of terminal acetylenes is 1. The SMILES string of the molecule is C#C[C@H](CC(N)=O)NC(=O)[C@@H]1C[C@@H](F)CN1OC(=O)C(F)(F)F. The molecule has 0 spiro atoms. The van der Waals surface area contributed by atoms with Crippen LogP contribution in [-0.4, -0.2) is 53.8 Å². The van der Waals surface area contributed by atoms with Gasteiger partial charge in [-0.1, -0.05) is 5.92 Å². The van der Waals surface area contributed by atoms with Crippen LogP contribution < -0.4 is 11.1 Å². The van der Waals surface area contributed by atoms with Crippen molar-refractivity contribution in [3.05, 3.63) is 0 Å². The van der Waals surface area contributed by atoms with Crippen LogP contribution in [-0.2, 0) is 19.2 Å². The van der Waals surface area contributed by atoms with Crippen LogP contribution in [0.5, 0.6) is 0 Å². The second-order valence-corrected chi connectivity index (χ2v) is 4.72. The maximum absolute atomic E-state index is 13.4. The maximum Gasteiger partial charge on any atom is 0.492 e. The Hall–Kier alpha value is -2.35. The summed E-state index contributed by atoms with van der Waals surface area (Å²) >= 11 is 0. The molecule has 0 aromatic rings. The molecule has 1 heterocycles. The highest BCUT2D eigenvalue weighted by Gasteiger charge is 2.47. The molecule has 2 amide bonds. The molecule has 0 aromatic carbocycles. The fourth-order valence-corrected chi connectivity index (χ4v) is 1.87. The van der Waals surface area contributed by atoms with Crippen molar-refractivity contribution in [2.75, 3.05) is 6.54 Å². The number of carbonyl (C=O) groups excluding carboxylic acids is 3. The molecule has 7 nitrogen and oxygen atoms in total. The molecule has 0 radical (unpaired) electrons.